The SMILES string of the molecule is CC(C)OC(=O)c1ccc2c(c1)COc1cc3c(cc1-2)CCCC3=O. The van der Waals surface area contributed by atoms with Crippen molar-refractivity contribution in [1.82, 2.24) is 0 Å². The third-order valence-corrected chi connectivity index (χ3v) is 4.71. The van der Waals surface area contributed by atoms with Crippen LogP contribution in [0.5, 0.6) is 5.75 Å². The highest BCUT2D eigenvalue weighted by Gasteiger charge is 2.25. The van der Waals surface area contributed by atoms with Gasteiger partial charge in [-0.05, 0) is 67.6 Å². The molecule has 0 saturated heterocycles. The van der Waals surface area contributed by atoms with E-state index in [1.807, 2.05) is 32.0 Å². The number of esters is 1. The van der Waals surface area contributed by atoms with E-state index in [2.05, 4.69) is 6.07 Å². The fourth-order valence-corrected chi connectivity index (χ4v) is 3.54. The van der Waals surface area contributed by atoms with Gasteiger partial charge in [-0.2, -0.15) is 0 Å². The predicted molar refractivity (Wildman–Crippen MR) is 94.0 cm³/mol. The summed E-state index contributed by atoms with van der Waals surface area (Å²) in [7, 11) is 0. The number of hydrogen-bond donors (Lipinski definition) is 0. The van der Waals surface area contributed by atoms with Gasteiger partial charge in [0, 0.05) is 17.5 Å². The Hall–Kier alpha value is -2.62. The van der Waals surface area contributed by atoms with Crippen LogP contribution >= 0.6 is 0 Å². The van der Waals surface area contributed by atoms with Crippen LogP contribution in [0, 0.1) is 0 Å². The molecule has 0 bridgehead atoms. The quantitative estimate of drug-likeness (QED) is 0.766. The maximum absolute atomic E-state index is 12.1. The van der Waals surface area contributed by atoms with Crippen molar-refractivity contribution in [2.75, 3.05) is 0 Å². The number of carbonyl (C=O) groups is 2. The van der Waals surface area contributed by atoms with Crippen LogP contribution in [0.3, 0.4) is 0 Å². The minimum atomic E-state index is -0.320. The van der Waals surface area contributed by atoms with Crippen molar-refractivity contribution in [2.24, 2.45) is 0 Å². The molecule has 25 heavy (non-hydrogen) atoms. The lowest BCUT2D eigenvalue weighted by molar-refractivity contribution is 0.0377. The maximum Gasteiger partial charge on any atom is 0.338 e. The van der Waals surface area contributed by atoms with Crippen LogP contribution in [0.2, 0.25) is 0 Å². The number of hydrogen-bond acceptors (Lipinski definition) is 4. The first-order valence-corrected chi connectivity index (χ1v) is 8.70. The first kappa shape index (κ1) is 15.9. The number of benzene rings is 2. The lowest BCUT2D eigenvalue weighted by atomic mass is 9.86. The van der Waals surface area contributed by atoms with Gasteiger partial charge in [0.1, 0.15) is 12.4 Å². The fourth-order valence-electron chi connectivity index (χ4n) is 3.54. The number of carbonyl (C=O) groups excluding carboxylic acids is 2. The minimum Gasteiger partial charge on any atom is -0.488 e. The first-order valence-electron chi connectivity index (χ1n) is 8.70. The van der Waals surface area contributed by atoms with E-state index in [1.165, 1.54) is 0 Å². The van der Waals surface area contributed by atoms with Gasteiger partial charge in [0.25, 0.3) is 0 Å². The van der Waals surface area contributed by atoms with Crippen LogP contribution in [0.4, 0.5) is 0 Å². The molecule has 128 valence electrons. The van der Waals surface area contributed by atoms with Gasteiger partial charge in [0.05, 0.1) is 11.7 Å². The van der Waals surface area contributed by atoms with Crippen molar-refractivity contribution < 1.29 is 19.1 Å². The molecule has 4 rings (SSSR count). The number of rotatable bonds is 2. The van der Waals surface area contributed by atoms with E-state index in [9.17, 15) is 9.59 Å². The molecule has 4 heteroatoms. The van der Waals surface area contributed by atoms with Crippen molar-refractivity contribution in [2.45, 2.75) is 45.8 Å². The number of ketones is 1. The summed E-state index contributed by atoms with van der Waals surface area (Å²) in [6, 6.07) is 9.54. The largest absolute Gasteiger partial charge is 0.488 e. The highest BCUT2D eigenvalue weighted by Crippen LogP contribution is 2.41. The molecular formula is C21H20O4. The van der Waals surface area contributed by atoms with Crippen molar-refractivity contribution in [3.8, 4) is 16.9 Å². The van der Waals surface area contributed by atoms with Crippen LogP contribution in [-0.2, 0) is 17.8 Å². The molecular weight excluding hydrogens is 316 g/mol. The molecule has 2 aromatic rings. The summed E-state index contributed by atoms with van der Waals surface area (Å²) < 4.78 is 11.1. The Bertz CT molecular complexity index is 880. The second-order valence-corrected chi connectivity index (χ2v) is 6.90. The zero-order valence-corrected chi connectivity index (χ0v) is 14.4. The van der Waals surface area contributed by atoms with Crippen LogP contribution in [0.15, 0.2) is 30.3 Å². The molecule has 1 aliphatic carbocycles. The Balaban J connectivity index is 1.75. The second kappa shape index (κ2) is 6.03. The Morgan fingerprint density at radius 2 is 1.88 bits per heavy atom. The van der Waals surface area contributed by atoms with Gasteiger partial charge >= 0.3 is 5.97 Å². The number of ether oxygens (including phenoxy) is 2. The molecule has 0 aromatic heterocycles. The van der Waals surface area contributed by atoms with Gasteiger partial charge in [-0.1, -0.05) is 6.07 Å². The zero-order valence-electron chi connectivity index (χ0n) is 14.4. The molecule has 0 amide bonds. The van der Waals surface area contributed by atoms with Crippen LogP contribution < -0.4 is 4.74 Å². The van der Waals surface area contributed by atoms with Gasteiger partial charge in [0.2, 0.25) is 0 Å². The van der Waals surface area contributed by atoms with E-state index in [0.717, 1.165) is 46.4 Å². The molecule has 0 radical (unpaired) electrons. The summed E-state index contributed by atoms with van der Waals surface area (Å²) in [6.45, 7) is 4.05. The van der Waals surface area contributed by atoms with Crippen LogP contribution in [0.25, 0.3) is 11.1 Å². The molecule has 0 spiro atoms. The fraction of sp³-hybridized carbons (Fsp3) is 0.333. The maximum atomic E-state index is 12.1. The average Bonchev–Trinajstić information content (AvgIpc) is 2.59. The third-order valence-electron chi connectivity index (χ3n) is 4.71. The predicted octanol–water partition coefficient (Wildman–Crippen LogP) is 4.33. The summed E-state index contributed by atoms with van der Waals surface area (Å²) in [6.07, 6.45) is 2.29. The van der Waals surface area contributed by atoms with Crippen molar-refractivity contribution in [1.29, 1.82) is 0 Å². The third kappa shape index (κ3) is 2.82. The molecule has 2 aromatic carbocycles. The smallest absolute Gasteiger partial charge is 0.338 e. The Morgan fingerprint density at radius 3 is 2.68 bits per heavy atom. The molecule has 0 unspecified atom stereocenters. The van der Waals surface area contributed by atoms with Gasteiger partial charge in [-0.15, -0.1) is 0 Å². The van der Waals surface area contributed by atoms with Gasteiger partial charge < -0.3 is 9.47 Å². The van der Waals surface area contributed by atoms with E-state index < -0.39 is 0 Å². The van der Waals surface area contributed by atoms with E-state index in [4.69, 9.17) is 9.47 Å². The molecule has 1 heterocycles. The second-order valence-electron chi connectivity index (χ2n) is 6.90. The molecule has 2 aliphatic rings. The van der Waals surface area contributed by atoms with E-state index >= 15 is 0 Å². The van der Waals surface area contributed by atoms with Crippen LogP contribution in [0.1, 0.15) is 58.5 Å². The van der Waals surface area contributed by atoms with Crippen molar-refractivity contribution in [3.63, 3.8) is 0 Å². The van der Waals surface area contributed by atoms with E-state index in [1.54, 1.807) is 6.07 Å². The highest BCUT2D eigenvalue weighted by atomic mass is 16.5. The molecule has 4 nitrogen and oxygen atoms in total. The lowest BCUT2D eigenvalue weighted by Gasteiger charge is -2.25. The number of Topliss-reactive ketones (excluding diaryl/α,β-unsaturated/α-hetero) is 1. The average molecular weight is 336 g/mol. The monoisotopic (exact) mass is 336 g/mol. The van der Waals surface area contributed by atoms with Crippen LogP contribution in [-0.4, -0.2) is 17.9 Å². The van der Waals surface area contributed by atoms with E-state index in [-0.39, 0.29) is 17.9 Å². The topological polar surface area (TPSA) is 52.6 Å². The zero-order chi connectivity index (χ0) is 17.6. The van der Waals surface area contributed by atoms with Gasteiger partial charge in [0.15, 0.2) is 5.78 Å². The molecule has 0 fully saturated rings. The van der Waals surface area contributed by atoms with Crippen molar-refractivity contribution in [3.05, 3.63) is 52.6 Å². The number of aryl methyl sites for hydroxylation is 1. The normalized spacial score (nSPS) is 15.1. The molecule has 0 atom stereocenters. The molecule has 0 saturated carbocycles. The summed E-state index contributed by atoms with van der Waals surface area (Å²) in [5.41, 5.74) is 5.45. The molecule has 0 N–H and O–H groups in total. The van der Waals surface area contributed by atoms with Gasteiger partial charge in [-0.3, -0.25) is 4.79 Å². The van der Waals surface area contributed by atoms with Gasteiger partial charge in [-0.25, -0.2) is 4.79 Å². The Labute approximate surface area is 146 Å². The number of fused-ring (bicyclic) bond motifs is 4. The van der Waals surface area contributed by atoms with E-state index in [0.29, 0.717) is 18.6 Å². The highest BCUT2D eigenvalue weighted by molar-refractivity contribution is 6.00. The lowest BCUT2D eigenvalue weighted by Crippen LogP contribution is -2.15. The summed E-state index contributed by atoms with van der Waals surface area (Å²) >= 11 is 0. The molecule has 1 aliphatic heterocycles. The minimum absolute atomic E-state index is 0.149. The summed E-state index contributed by atoms with van der Waals surface area (Å²) in [5, 5.41) is 0. The summed E-state index contributed by atoms with van der Waals surface area (Å²) in [4.78, 5) is 24.2. The Kier molecular flexibility index (Phi) is 3.83. The Morgan fingerprint density at radius 1 is 1.04 bits per heavy atom. The van der Waals surface area contributed by atoms with Crippen molar-refractivity contribution >= 4 is 11.8 Å². The summed E-state index contributed by atoms with van der Waals surface area (Å²) in [5.74, 6) is 0.629. The first-order chi connectivity index (χ1) is 12.0. The standard InChI is InChI=1S/C21H20O4/c1-12(2)25-21(23)14-6-7-16-15(8-14)11-24-20-10-17-13(9-18(16)20)4-3-5-19(17)22/h6-10,12H,3-5,11H2,1-2H3.